The highest BCUT2D eigenvalue weighted by molar-refractivity contribution is 5.82. The van der Waals surface area contributed by atoms with Crippen LogP contribution >= 0.6 is 0 Å². The second kappa shape index (κ2) is 10.1. The predicted octanol–water partition coefficient (Wildman–Crippen LogP) is 3.81. The first kappa shape index (κ1) is 20.1. The Bertz CT molecular complexity index is 875. The molecule has 0 unspecified atom stereocenters. The first-order valence-electron chi connectivity index (χ1n) is 9.54. The first-order valence-corrected chi connectivity index (χ1v) is 9.54. The molecule has 0 radical (unpaired) electrons. The third kappa shape index (κ3) is 5.94. The number of nitrogens with one attached hydrogen (secondary N) is 2. The number of hydrogen-bond acceptors (Lipinski definition) is 2. The van der Waals surface area contributed by atoms with Gasteiger partial charge in [0, 0.05) is 18.9 Å². The third-order valence-corrected chi connectivity index (χ3v) is 4.76. The predicted molar refractivity (Wildman–Crippen MR) is 113 cm³/mol. The van der Waals surface area contributed by atoms with Crippen LogP contribution in [-0.4, -0.2) is 29.7 Å². The molecular formula is C24H24N2O3. The van der Waals surface area contributed by atoms with Gasteiger partial charge < -0.3 is 15.7 Å². The van der Waals surface area contributed by atoms with E-state index in [-0.39, 0.29) is 12.3 Å². The summed E-state index contributed by atoms with van der Waals surface area (Å²) < 4.78 is 0. The molecule has 0 saturated carbocycles. The normalized spacial score (nSPS) is 11.6. The highest BCUT2D eigenvalue weighted by Crippen LogP contribution is 2.23. The lowest BCUT2D eigenvalue weighted by atomic mass is 9.91. The standard InChI is InChI=1S/C24H24N2O3/c27-23(28)22(16-18-10-4-1-5-11-18)26-24(29)25-17-21(19-12-6-2-7-13-19)20-14-8-3-9-15-20/h1-15,21-22H,16-17H2,(H,27,28)(H2,25,26,29)/t22-/m0/s1. The summed E-state index contributed by atoms with van der Waals surface area (Å²) in [6.45, 7) is 0.359. The fourth-order valence-corrected chi connectivity index (χ4v) is 3.25. The Balaban J connectivity index is 1.65. The molecule has 0 aromatic heterocycles. The molecule has 3 aromatic carbocycles. The number of carboxylic acids is 1. The molecule has 148 valence electrons. The zero-order chi connectivity index (χ0) is 20.5. The van der Waals surface area contributed by atoms with Gasteiger partial charge in [0.2, 0.25) is 0 Å². The van der Waals surface area contributed by atoms with E-state index < -0.39 is 18.0 Å². The number of carboxylic acid groups (broad SMARTS) is 1. The van der Waals surface area contributed by atoms with Gasteiger partial charge in [-0.15, -0.1) is 0 Å². The van der Waals surface area contributed by atoms with Crippen LogP contribution in [0.1, 0.15) is 22.6 Å². The Hall–Kier alpha value is -3.60. The van der Waals surface area contributed by atoms with Crippen molar-refractivity contribution in [3.05, 3.63) is 108 Å². The second-order valence-electron chi connectivity index (χ2n) is 6.81. The summed E-state index contributed by atoms with van der Waals surface area (Å²) in [4.78, 5) is 24.0. The van der Waals surface area contributed by atoms with Crippen molar-refractivity contribution in [1.29, 1.82) is 0 Å². The molecule has 0 heterocycles. The molecule has 5 nitrogen and oxygen atoms in total. The van der Waals surface area contributed by atoms with E-state index in [2.05, 4.69) is 10.6 Å². The molecule has 3 N–H and O–H groups in total. The van der Waals surface area contributed by atoms with Gasteiger partial charge in [-0.2, -0.15) is 0 Å². The van der Waals surface area contributed by atoms with Gasteiger partial charge >= 0.3 is 12.0 Å². The van der Waals surface area contributed by atoms with E-state index in [1.54, 1.807) is 0 Å². The van der Waals surface area contributed by atoms with Gasteiger partial charge in [-0.25, -0.2) is 9.59 Å². The van der Waals surface area contributed by atoms with Crippen LogP contribution < -0.4 is 10.6 Å². The highest BCUT2D eigenvalue weighted by atomic mass is 16.4. The Kier molecular flexibility index (Phi) is 7.00. The second-order valence-corrected chi connectivity index (χ2v) is 6.81. The van der Waals surface area contributed by atoms with Gasteiger partial charge in [-0.1, -0.05) is 91.0 Å². The van der Waals surface area contributed by atoms with Crippen LogP contribution in [0, 0.1) is 0 Å². The number of amides is 2. The van der Waals surface area contributed by atoms with Crippen LogP contribution in [0.5, 0.6) is 0 Å². The lowest BCUT2D eigenvalue weighted by Gasteiger charge is -2.20. The van der Waals surface area contributed by atoms with E-state index >= 15 is 0 Å². The van der Waals surface area contributed by atoms with Crippen molar-refractivity contribution < 1.29 is 14.7 Å². The number of urea groups is 1. The molecule has 3 aromatic rings. The summed E-state index contributed by atoms with van der Waals surface area (Å²) in [6, 6.07) is 27.6. The van der Waals surface area contributed by atoms with Crippen LogP contribution in [0.3, 0.4) is 0 Å². The summed E-state index contributed by atoms with van der Waals surface area (Å²) in [5.41, 5.74) is 3.02. The first-order chi connectivity index (χ1) is 14.1. The van der Waals surface area contributed by atoms with Crippen LogP contribution in [-0.2, 0) is 11.2 Å². The molecule has 1 atom stereocenters. The lowest BCUT2D eigenvalue weighted by Crippen LogP contribution is -2.47. The van der Waals surface area contributed by atoms with Crippen LogP contribution in [0.25, 0.3) is 0 Å². The summed E-state index contributed by atoms with van der Waals surface area (Å²) in [7, 11) is 0. The number of carbonyl (C=O) groups excluding carboxylic acids is 1. The van der Waals surface area contributed by atoms with Gasteiger partial charge in [0.15, 0.2) is 0 Å². The molecule has 29 heavy (non-hydrogen) atoms. The molecule has 0 aliphatic heterocycles. The summed E-state index contributed by atoms with van der Waals surface area (Å²) in [6.07, 6.45) is 0.227. The van der Waals surface area contributed by atoms with Crippen LogP contribution in [0.15, 0.2) is 91.0 Å². The maximum atomic E-state index is 12.4. The minimum absolute atomic E-state index is 0.0273. The van der Waals surface area contributed by atoms with Crippen LogP contribution in [0.2, 0.25) is 0 Å². The van der Waals surface area contributed by atoms with Gasteiger partial charge in [0.05, 0.1) is 0 Å². The van der Waals surface area contributed by atoms with Crippen molar-refractivity contribution in [1.82, 2.24) is 10.6 Å². The number of aliphatic carboxylic acids is 1. The van der Waals surface area contributed by atoms with E-state index in [9.17, 15) is 14.7 Å². The molecule has 0 bridgehead atoms. The largest absolute Gasteiger partial charge is 0.480 e. The summed E-state index contributed by atoms with van der Waals surface area (Å²) in [5, 5.41) is 14.9. The quantitative estimate of drug-likeness (QED) is 0.549. The SMILES string of the molecule is O=C(NCC(c1ccccc1)c1ccccc1)N[C@@H](Cc1ccccc1)C(=O)O. The maximum absolute atomic E-state index is 12.4. The molecule has 0 saturated heterocycles. The van der Waals surface area contributed by atoms with Crippen molar-refractivity contribution in [3.63, 3.8) is 0 Å². The van der Waals surface area contributed by atoms with Gasteiger partial charge in [-0.05, 0) is 16.7 Å². The topological polar surface area (TPSA) is 78.4 Å². The van der Waals surface area contributed by atoms with Crippen molar-refractivity contribution >= 4 is 12.0 Å². The fourth-order valence-electron chi connectivity index (χ4n) is 3.25. The molecule has 2 amide bonds. The van der Waals surface area contributed by atoms with Gasteiger partial charge in [0.25, 0.3) is 0 Å². The minimum Gasteiger partial charge on any atom is -0.480 e. The highest BCUT2D eigenvalue weighted by Gasteiger charge is 2.21. The summed E-state index contributed by atoms with van der Waals surface area (Å²) in [5.74, 6) is -1.09. The average molecular weight is 388 g/mol. The number of carbonyl (C=O) groups is 2. The smallest absolute Gasteiger partial charge is 0.326 e. The average Bonchev–Trinajstić information content (AvgIpc) is 2.75. The zero-order valence-corrected chi connectivity index (χ0v) is 16.0. The fraction of sp³-hybridized carbons (Fsp3) is 0.167. The van der Waals surface area contributed by atoms with Crippen molar-refractivity contribution in [2.45, 2.75) is 18.4 Å². The molecular weight excluding hydrogens is 364 g/mol. The van der Waals surface area contributed by atoms with E-state index in [4.69, 9.17) is 0 Å². The molecule has 0 fully saturated rings. The Morgan fingerprint density at radius 2 is 1.24 bits per heavy atom. The zero-order valence-electron chi connectivity index (χ0n) is 16.0. The van der Waals surface area contributed by atoms with Gasteiger partial charge in [-0.3, -0.25) is 0 Å². The van der Waals surface area contributed by atoms with E-state index in [0.29, 0.717) is 6.54 Å². The molecule has 0 spiro atoms. The van der Waals surface area contributed by atoms with Crippen molar-refractivity contribution in [3.8, 4) is 0 Å². The van der Waals surface area contributed by atoms with Crippen LogP contribution in [0.4, 0.5) is 4.79 Å². The molecule has 5 heteroatoms. The Morgan fingerprint density at radius 1 is 0.759 bits per heavy atom. The number of hydrogen-bond donors (Lipinski definition) is 3. The van der Waals surface area contributed by atoms with Crippen molar-refractivity contribution in [2.24, 2.45) is 0 Å². The molecule has 3 rings (SSSR count). The summed E-state index contributed by atoms with van der Waals surface area (Å²) >= 11 is 0. The molecule has 0 aliphatic carbocycles. The Labute approximate surface area is 170 Å². The monoisotopic (exact) mass is 388 g/mol. The van der Waals surface area contributed by atoms with E-state index in [0.717, 1.165) is 16.7 Å². The Morgan fingerprint density at radius 3 is 1.72 bits per heavy atom. The van der Waals surface area contributed by atoms with Gasteiger partial charge in [0.1, 0.15) is 6.04 Å². The third-order valence-electron chi connectivity index (χ3n) is 4.76. The van der Waals surface area contributed by atoms with E-state index in [1.807, 2.05) is 91.0 Å². The van der Waals surface area contributed by atoms with Crippen molar-refractivity contribution in [2.75, 3.05) is 6.54 Å². The number of rotatable bonds is 8. The molecule has 0 aliphatic rings. The van der Waals surface area contributed by atoms with E-state index in [1.165, 1.54) is 0 Å². The lowest BCUT2D eigenvalue weighted by molar-refractivity contribution is -0.139. The number of benzene rings is 3. The maximum Gasteiger partial charge on any atom is 0.326 e. The minimum atomic E-state index is -1.06.